The first-order valence-electron chi connectivity index (χ1n) is 8.18. The Morgan fingerprint density at radius 1 is 1.21 bits per heavy atom. The molecule has 3 rings (SSSR count). The van der Waals surface area contributed by atoms with E-state index in [9.17, 15) is 18.3 Å². The number of halogens is 4. The highest BCUT2D eigenvalue weighted by atomic mass is 35.5. The van der Waals surface area contributed by atoms with Crippen LogP contribution in [0.2, 0.25) is 5.02 Å². The molecule has 0 aliphatic heterocycles. The van der Waals surface area contributed by atoms with Gasteiger partial charge >= 0.3 is 0 Å². The first-order chi connectivity index (χ1) is 13.5. The molecule has 0 aliphatic rings. The second-order valence-corrected chi connectivity index (χ2v) is 6.17. The summed E-state index contributed by atoms with van der Waals surface area (Å²) in [6.07, 6.45) is 1.53. The van der Waals surface area contributed by atoms with Crippen molar-refractivity contribution in [2.24, 2.45) is 0 Å². The molecule has 3 N–H and O–H groups in total. The molecule has 1 unspecified atom stereocenters. The third-order valence-corrected chi connectivity index (χ3v) is 4.01. The average molecular weight is 413 g/mol. The number of aliphatic hydroxyl groups excluding tert-OH is 1. The summed E-state index contributed by atoms with van der Waals surface area (Å²) < 4.78 is 39.9. The molecule has 0 bridgehead atoms. The van der Waals surface area contributed by atoms with Gasteiger partial charge < -0.3 is 15.7 Å². The van der Waals surface area contributed by atoms with Crippen LogP contribution in [0.25, 0.3) is 0 Å². The quantitative estimate of drug-likeness (QED) is 0.524. The van der Waals surface area contributed by atoms with Crippen molar-refractivity contribution in [1.82, 2.24) is 19.7 Å². The van der Waals surface area contributed by atoms with E-state index < -0.39 is 31.4 Å². The Morgan fingerprint density at radius 2 is 2.00 bits per heavy atom. The predicted molar refractivity (Wildman–Crippen MR) is 98.4 cm³/mol. The van der Waals surface area contributed by atoms with Gasteiger partial charge in [-0.05, 0) is 6.07 Å². The molecule has 11 heteroatoms. The number of alkyl halides is 2. The summed E-state index contributed by atoms with van der Waals surface area (Å²) in [4.78, 5) is 8.21. The highest BCUT2D eigenvalue weighted by molar-refractivity contribution is 6.32. The second-order valence-electron chi connectivity index (χ2n) is 5.76. The SMILES string of the molecule is OCC(Nc1nc(Nc2cnn(CC(F)F)c2)ncc1Cl)c1ccccc1F. The summed E-state index contributed by atoms with van der Waals surface area (Å²) in [6, 6.07) is 5.23. The van der Waals surface area contributed by atoms with E-state index >= 15 is 0 Å². The fourth-order valence-electron chi connectivity index (χ4n) is 2.47. The van der Waals surface area contributed by atoms with Crippen molar-refractivity contribution in [2.75, 3.05) is 17.2 Å². The standard InChI is InChI=1S/C17H16ClF3N6O/c18-12-6-22-17(24-10-5-23-27(7-10)8-15(20)21)26-16(12)25-14(9-28)11-3-1-2-4-13(11)19/h1-7,14-15,28H,8-9H2,(H2,22,24,25,26). The first kappa shape index (κ1) is 19.9. The summed E-state index contributed by atoms with van der Waals surface area (Å²) in [5.41, 5.74) is 0.657. The number of benzene rings is 1. The molecule has 0 saturated heterocycles. The fourth-order valence-corrected chi connectivity index (χ4v) is 2.62. The lowest BCUT2D eigenvalue weighted by molar-refractivity contribution is 0.122. The number of aromatic nitrogens is 4. The molecule has 0 radical (unpaired) electrons. The Morgan fingerprint density at radius 3 is 2.71 bits per heavy atom. The van der Waals surface area contributed by atoms with Crippen molar-refractivity contribution in [2.45, 2.75) is 19.0 Å². The molecule has 0 saturated carbocycles. The maximum absolute atomic E-state index is 14.0. The van der Waals surface area contributed by atoms with Crippen LogP contribution in [-0.4, -0.2) is 37.9 Å². The molecule has 0 fully saturated rings. The molecule has 2 aromatic heterocycles. The monoisotopic (exact) mass is 412 g/mol. The smallest absolute Gasteiger partial charge is 0.257 e. The van der Waals surface area contributed by atoms with E-state index in [4.69, 9.17) is 11.6 Å². The highest BCUT2D eigenvalue weighted by Gasteiger charge is 2.17. The lowest BCUT2D eigenvalue weighted by Crippen LogP contribution is -2.17. The van der Waals surface area contributed by atoms with Gasteiger partial charge in [0.25, 0.3) is 6.43 Å². The Kier molecular flexibility index (Phi) is 6.32. The summed E-state index contributed by atoms with van der Waals surface area (Å²) in [6.45, 7) is -0.929. The lowest BCUT2D eigenvalue weighted by Gasteiger charge is -2.19. The van der Waals surface area contributed by atoms with E-state index in [2.05, 4.69) is 25.7 Å². The topological polar surface area (TPSA) is 87.9 Å². The Bertz CT molecular complexity index is 939. The van der Waals surface area contributed by atoms with Gasteiger partial charge in [0, 0.05) is 11.8 Å². The van der Waals surface area contributed by atoms with Crippen molar-refractivity contribution in [3.8, 4) is 0 Å². The van der Waals surface area contributed by atoms with Crippen LogP contribution in [0.15, 0.2) is 42.9 Å². The third kappa shape index (κ3) is 4.90. The Labute approximate surface area is 163 Å². The molecule has 2 heterocycles. The summed E-state index contributed by atoms with van der Waals surface area (Å²) in [5.74, 6) is -0.195. The first-order valence-corrected chi connectivity index (χ1v) is 8.56. The van der Waals surface area contributed by atoms with Crippen LogP contribution in [0.1, 0.15) is 11.6 Å². The number of nitrogens with one attached hydrogen (secondary N) is 2. The van der Waals surface area contributed by atoms with E-state index in [1.807, 2.05) is 0 Å². The van der Waals surface area contributed by atoms with Crippen LogP contribution >= 0.6 is 11.6 Å². The predicted octanol–water partition coefficient (Wildman–Crippen LogP) is 3.62. The molecule has 3 aromatic rings. The van der Waals surface area contributed by atoms with Crippen LogP contribution in [0, 0.1) is 5.82 Å². The van der Waals surface area contributed by atoms with Gasteiger partial charge in [-0.2, -0.15) is 10.1 Å². The van der Waals surface area contributed by atoms with Crippen molar-refractivity contribution in [1.29, 1.82) is 0 Å². The van der Waals surface area contributed by atoms with Gasteiger partial charge in [0.1, 0.15) is 17.4 Å². The zero-order valence-corrected chi connectivity index (χ0v) is 15.1. The van der Waals surface area contributed by atoms with Gasteiger partial charge in [0.15, 0.2) is 5.82 Å². The van der Waals surface area contributed by atoms with E-state index in [1.165, 1.54) is 30.7 Å². The van der Waals surface area contributed by atoms with E-state index in [1.54, 1.807) is 12.1 Å². The minimum Gasteiger partial charge on any atom is -0.394 e. The fraction of sp³-hybridized carbons (Fsp3) is 0.235. The van der Waals surface area contributed by atoms with Crippen LogP contribution in [0.4, 0.5) is 30.6 Å². The molecule has 0 amide bonds. The Balaban J connectivity index is 1.77. The van der Waals surface area contributed by atoms with Crippen LogP contribution in [0.3, 0.4) is 0 Å². The largest absolute Gasteiger partial charge is 0.394 e. The molecule has 28 heavy (non-hydrogen) atoms. The maximum atomic E-state index is 14.0. The lowest BCUT2D eigenvalue weighted by atomic mass is 10.1. The van der Waals surface area contributed by atoms with Gasteiger partial charge in [-0.1, -0.05) is 29.8 Å². The van der Waals surface area contributed by atoms with Gasteiger partial charge in [-0.15, -0.1) is 0 Å². The highest BCUT2D eigenvalue weighted by Crippen LogP contribution is 2.26. The van der Waals surface area contributed by atoms with Crippen LogP contribution in [-0.2, 0) is 6.54 Å². The maximum Gasteiger partial charge on any atom is 0.257 e. The van der Waals surface area contributed by atoms with Gasteiger partial charge in [-0.25, -0.2) is 18.2 Å². The zero-order chi connectivity index (χ0) is 20.1. The van der Waals surface area contributed by atoms with Gasteiger partial charge in [-0.3, -0.25) is 4.68 Å². The van der Waals surface area contributed by atoms with E-state index in [0.717, 1.165) is 4.68 Å². The van der Waals surface area contributed by atoms with Crippen molar-refractivity contribution in [3.63, 3.8) is 0 Å². The minimum absolute atomic E-state index is 0.119. The molecule has 148 valence electrons. The number of aliphatic hydroxyl groups is 1. The number of rotatable bonds is 8. The minimum atomic E-state index is -2.52. The van der Waals surface area contributed by atoms with Gasteiger partial charge in [0.05, 0.1) is 30.7 Å². The van der Waals surface area contributed by atoms with Crippen molar-refractivity contribution < 1.29 is 18.3 Å². The number of nitrogens with zero attached hydrogens (tertiary/aromatic N) is 4. The average Bonchev–Trinajstić information content (AvgIpc) is 3.09. The number of anilines is 3. The number of hydrogen-bond acceptors (Lipinski definition) is 6. The zero-order valence-electron chi connectivity index (χ0n) is 14.4. The van der Waals surface area contributed by atoms with E-state index in [0.29, 0.717) is 5.69 Å². The van der Waals surface area contributed by atoms with Gasteiger partial charge in [0.2, 0.25) is 5.95 Å². The molecular formula is C17H16ClF3N6O. The summed E-state index contributed by atoms with van der Waals surface area (Å²) >= 11 is 6.10. The summed E-state index contributed by atoms with van der Waals surface area (Å²) in [5, 5.41) is 19.3. The molecule has 1 atom stereocenters. The molecular weight excluding hydrogens is 397 g/mol. The third-order valence-electron chi connectivity index (χ3n) is 3.73. The van der Waals surface area contributed by atoms with Crippen LogP contribution in [0.5, 0.6) is 0 Å². The van der Waals surface area contributed by atoms with Crippen LogP contribution < -0.4 is 10.6 Å². The van der Waals surface area contributed by atoms with Crippen molar-refractivity contribution in [3.05, 3.63) is 59.3 Å². The Hall–Kier alpha value is -2.85. The molecule has 1 aromatic carbocycles. The normalized spacial score (nSPS) is 12.2. The molecule has 0 aliphatic carbocycles. The second kappa shape index (κ2) is 8.89. The number of hydrogen-bond donors (Lipinski definition) is 3. The molecule has 0 spiro atoms. The summed E-state index contributed by atoms with van der Waals surface area (Å²) in [7, 11) is 0. The molecule has 7 nitrogen and oxygen atoms in total. The van der Waals surface area contributed by atoms with Crippen molar-refractivity contribution >= 4 is 29.1 Å². The van der Waals surface area contributed by atoms with E-state index in [-0.39, 0.29) is 22.4 Å².